The zero-order valence-electron chi connectivity index (χ0n) is 16.8. The molecule has 1 atom stereocenters. The topological polar surface area (TPSA) is 122 Å². The lowest BCUT2D eigenvalue weighted by atomic mass is 10.0. The van der Waals surface area contributed by atoms with Gasteiger partial charge >= 0.3 is 0 Å². The van der Waals surface area contributed by atoms with Crippen LogP contribution in [0.1, 0.15) is 34.3 Å². The standard InChI is InChI=1S/C21H21N3O6S/c1-30-12-13-4-2-3-5-18(13)31(28,29)23-15-6-7-16-14(10-15)11-24(21(16)27)17-8-9-19(25)22-20(17)26/h2-7,10,17,23H,8-9,11-12H2,1H3,(H,22,25,26). The van der Waals surface area contributed by atoms with Crippen molar-refractivity contribution in [2.75, 3.05) is 11.8 Å². The van der Waals surface area contributed by atoms with Crippen molar-refractivity contribution in [1.82, 2.24) is 10.2 Å². The Morgan fingerprint density at radius 2 is 1.94 bits per heavy atom. The molecule has 9 nitrogen and oxygen atoms in total. The van der Waals surface area contributed by atoms with Gasteiger partial charge in [-0.2, -0.15) is 0 Å². The second kappa shape index (κ2) is 8.12. The van der Waals surface area contributed by atoms with E-state index in [9.17, 15) is 22.8 Å². The molecule has 2 aromatic carbocycles. The van der Waals surface area contributed by atoms with E-state index in [0.29, 0.717) is 22.4 Å². The van der Waals surface area contributed by atoms with E-state index in [-0.39, 0.29) is 42.7 Å². The molecule has 3 amide bonds. The number of benzene rings is 2. The minimum absolute atomic E-state index is 0.110. The number of sulfonamides is 1. The number of imide groups is 1. The highest BCUT2D eigenvalue weighted by molar-refractivity contribution is 7.92. The lowest BCUT2D eigenvalue weighted by Gasteiger charge is -2.29. The molecular weight excluding hydrogens is 422 g/mol. The second-order valence-corrected chi connectivity index (χ2v) is 9.07. The van der Waals surface area contributed by atoms with Gasteiger partial charge in [0, 0.05) is 31.3 Å². The number of anilines is 1. The van der Waals surface area contributed by atoms with Gasteiger partial charge < -0.3 is 9.64 Å². The van der Waals surface area contributed by atoms with Gasteiger partial charge in [-0.1, -0.05) is 18.2 Å². The number of carbonyl (C=O) groups excluding carboxylic acids is 3. The third-order valence-corrected chi connectivity index (χ3v) is 6.82. The van der Waals surface area contributed by atoms with Crippen molar-refractivity contribution in [3.63, 3.8) is 0 Å². The Hall–Kier alpha value is -3.24. The molecule has 2 N–H and O–H groups in total. The fourth-order valence-corrected chi connectivity index (χ4v) is 5.17. The maximum atomic E-state index is 12.9. The molecule has 0 aliphatic carbocycles. The number of fused-ring (bicyclic) bond motifs is 1. The van der Waals surface area contributed by atoms with Gasteiger partial charge in [0.15, 0.2) is 0 Å². The maximum Gasteiger partial charge on any atom is 0.262 e. The molecule has 10 heteroatoms. The SMILES string of the molecule is COCc1ccccc1S(=O)(=O)Nc1ccc2c(c1)CN(C1CCC(=O)NC1=O)C2=O. The number of nitrogens with zero attached hydrogens (tertiary/aromatic N) is 1. The molecule has 1 unspecified atom stereocenters. The molecule has 2 aliphatic rings. The number of piperidine rings is 1. The Morgan fingerprint density at radius 3 is 2.68 bits per heavy atom. The van der Waals surface area contributed by atoms with Gasteiger partial charge in [-0.25, -0.2) is 8.42 Å². The highest BCUT2D eigenvalue weighted by Gasteiger charge is 2.39. The summed E-state index contributed by atoms with van der Waals surface area (Å²) in [6.45, 7) is 0.312. The van der Waals surface area contributed by atoms with Crippen LogP contribution in [0.4, 0.5) is 5.69 Å². The number of hydrogen-bond acceptors (Lipinski definition) is 6. The zero-order chi connectivity index (χ0) is 22.2. The normalized spacial score (nSPS) is 18.7. The molecule has 1 saturated heterocycles. The number of nitrogens with one attached hydrogen (secondary N) is 2. The van der Waals surface area contributed by atoms with Crippen LogP contribution in [-0.2, 0) is 37.5 Å². The van der Waals surface area contributed by atoms with Gasteiger partial charge in [-0.3, -0.25) is 24.4 Å². The molecule has 162 valence electrons. The fraction of sp³-hybridized carbons (Fsp3) is 0.286. The summed E-state index contributed by atoms with van der Waals surface area (Å²) in [6.07, 6.45) is 0.433. The monoisotopic (exact) mass is 443 g/mol. The van der Waals surface area contributed by atoms with Crippen molar-refractivity contribution >= 4 is 33.4 Å². The summed E-state index contributed by atoms with van der Waals surface area (Å²) in [5.74, 6) is -1.16. The molecule has 2 aliphatic heterocycles. The summed E-state index contributed by atoms with van der Waals surface area (Å²) in [4.78, 5) is 37.8. The minimum atomic E-state index is -3.88. The average Bonchev–Trinajstić information content (AvgIpc) is 3.04. The minimum Gasteiger partial charge on any atom is -0.380 e. The largest absolute Gasteiger partial charge is 0.380 e. The first-order chi connectivity index (χ1) is 14.8. The van der Waals surface area contributed by atoms with Crippen LogP contribution in [0.3, 0.4) is 0 Å². The average molecular weight is 443 g/mol. The van der Waals surface area contributed by atoms with E-state index in [4.69, 9.17) is 4.74 Å². The van der Waals surface area contributed by atoms with Crippen molar-refractivity contribution in [1.29, 1.82) is 0 Å². The highest BCUT2D eigenvalue weighted by atomic mass is 32.2. The number of methoxy groups -OCH3 is 1. The van der Waals surface area contributed by atoms with E-state index in [1.54, 1.807) is 30.3 Å². The van der Waals surface area contributed by atoms with E-state index in [0.717, 1.165) is 0 Å². The fourth-order valence-electron chi connectivity index (χ4n) is 3.89. The lowest BCUT2D eigenvalue weighted by molar-refractivity contribution is -0.136. The first-order valence-electron chi connectivity index (χ1n) is 9.67. The maximum absolute atomic E-state index is 12.9. The van der Waals surface area contributed by atoms with Crippen molar-refractivity contribution in [3.05, 3.63) is 59.2 Å². The first kappa shape index (κ1) is 21.0. The van der Waals surface area contributed by atoms with Gasteiger partial charge in [0.1, 0.15) is 6.04 Å². The summed E-state index contributed by atoms with van der Waals surface area (Å²) < 4.78 is 33.5. The predicted molar refractivity (Wildman–Crippen MR) is 110 cm³/mol. The van der Waals surface area contributed by atoms with Crippen LogP contribution in [0.2, 0.25) is 0 Å². The van der Waals surface area contributed by atoms with Crippen molar-refractivity contribution in [2.24, 2.45) is 0 Å². The van der Waals surface area contributed by atoms with Gasteiger partial charge in [-0.15, -0.1) is 0 Å². The Labute approximate surface area is 179 Å². The van der Waals surface area contributed by atoms with Gasteiger partial charge in [-0.05, 0) is 41.8 Å². The quantitative estimate of drug-likeness (QED) is 0.651. The third kappa shape index (κ3) is 4.04. The Morgan fingerprint density at radius 1 is 1.16 bits per heavy atom. The molecule has 2 aromatic rings. The summed E-state index contributed by atoms with van der Waals surface area (Å²) in [5.41, 5.74) is 1.86. The van der Waals surface area contributed by atoms with Crippen LogP contribution in [0.15, 0.2) is 47.4 Å². The Bertz CT molecular complexity index is 1180. The van der Waals surface area contributed by atoms with Crippen LogP contribution in [0.5, 0.6) is 0 Å². The molecule has 0 saturated carbocycles. The van der Waals surface area contributed by atoms with Gasteiger partial charge in [0.05, 0.1) is 11.5 Å². The van der Waals surface area contributed by atoms with Crippen LogP contribution in [0, 0.1) is 0 Å². The van der Waals surface area contributed by atoms with Crippen LogP contribution in [0.25, 0.3) is 0 Å². The molecule has 2 heterocycles. The summed E-state index contributed by atoms with van der Waals surface area (Å²) >= 11 is 0. The molecular formula is C21H21N3O6S. The van der Waals surface area contributed by atoms with Crippen molar-refractivity contribution < 1.29 is 27.5 Å². The summed E-state index contributed by atoms with van der Waals surface area (Å²) in [7, 11) is -2.39. The molecule has 0 aromatic heterocycles. The van der Waals surface area contributed by atoms with Gasteiger partial charge in [0.25, 0.3) is 15.9 Å². The Kier molecular flexibility index (Phi) is 5.50. The van der Waals surface area contributed by atoms with Crippen molar-refractivity contribution in [2.45, 2.75) is 36.9 Å². The smallest absolute Gasteiger partial charge is 0.262 e. The van der Waals surface area contributed by atoms with Crippen molar-refractivity contribution in [3.8, 4) is 0 Å². The number of rotatable bonds is 6. The number of amides is 3. The number of hydrogen-bond donors (Lipinski definition) is 2. The van der Waals surface area contributed by atoms with E-state index in [1.807, 2.05) is 0 Å². The van der Waals surface area contributed by atoms with Gasteiger partial charge in [0.2, 0.25) is 11.8 Å². The zero-order valence-corrected chi connectivity index (χ0v) is 17.6. The van der Waals surface area contributed by atoms with Crippen LogP contribution in [-0.4, -0.2) is 44.2 Å². The number of carbonyl (C=O) groups is 3. The summed E-state index contributed by atoms with van der Waals surface area (Å²) in [6, 6.07) is 10.5. The third-order valence-electron chi connectivity index (χ3n) is 5.34. The number of ether oxygens (including phenoxy) is 1. The Balaban J connectivity index is 1.56. The van der Waals surface area contributed by atoms with E-state index in [2.05, 4.69) is 10.0 Å². The molecule has 0 spiro atoms. The van der Waals surface area contributed by atoms with E-state index in [1.165, 1.54) is 24.1 Å². The van der Waals surface area contributed by atoms with Crippen LogP contribution < -0.4 is 10.0 Å². The molecule has 4 rings (SSSR count). The predicted octanol–water partition coefficient (Wildman–Crippen LogP) is 1.39. The molecule has 0 radical (unpaired) electrons. The van der Waals surface area contributed by atoms with E-state index < -0.39 is 22.0 Å². The second-order valence-electron chi connectivity index (χ2n) is 7.42. The van der Waals surface area contributed by atoms with Crippen LogP contribution >= 0.6 is 0 Å². The molecule has 0 bridgehead atoms. The highest BCUT2D eigenvalue weighted by Crippen LogP contribution is 2.30. The lowest BCUT2D eigenvalue weighted by Crippen LogP contribution is -2.52. The molecule has 31 heavy (non-hydrogen) atoms. The molecule has 1 fully saturated rings. The first-order valence-corrected chi connectivity index (χ1v) is 11.2. The van der Waals surface area contributed by atoms with E-state index >= 15 is 0 Å². The summed E-state index contributed by atoms with van der Waals surface area (Å²) in [5, 5.41) is 2.26.